The number of alkyl halides is 3. The van der Waals surface area contributed by atoms with Gasteiger partial charge in [0.05, 0.1) is 5.56 Å². The summed E-state index contributed by atoms with van der Waals surface area (Å²) in [5.41, 5.74) is -0.528. The van der Waals surface area contributed by atoms with Crippen LogP contribution in [0.25, 0.3) is 0 Å². The van der Waals surface area contributed by atoms with Gasteiger partial charge in [0.25, 0.3) is 0 Å². The predicted molar refractivity (Wildman–Crippen MR) is 67.3 cm³/mol. The molecule has 7 heteroatoms. The zero-order valence-electron chi connectivity index (χ0n) is 9.35. The third-order valence-electron chi connectivity index (χ3n) is 2.75. The van der Waals surface area contributed by atoms with Gasteiger partial charge in [-0.25, -0.2) is 0 Å². The van der Waals surface area contributed by atoms with Crippen LogP contribution in [-0.4, -0.2) is 19.6 Å². The van der Waals surface area contributed by atoms with Crippen LogP contribution in [0.2, 0.25) is 5.02 Å². The average molecular weight is 301 g/mol. The van der Waals surface area contributed by atoms with Crippen LogP contribution in [0.15, 0.2) is 18.2 Å². The lowest BCUT2D eigenvalue weighted by atomic mass is 9.98. The molecule has 1 heterocycles. The summed E-state index contributed by atoms with van der Waals surface area (Å²) in [7, 11) is 0. The molecule has 1 aliphatic heterocycles. The summed E-state index contributed by atoms with van der Waals surface area (Å²) in [4.78, 5) is 0. The molecule has 0 aromatic heterocycles. The molecule has 0 saturated carbocycles. The Kier molecular flexibility index (Phi) is 5.28. The highest BCUT2D eigenvalue weighted by molar-refractivity contribution is 6.31. The molecule has 1 aromatic rings. The summed E-state index contributed by atoms with van der Waals surface area (Å²) in [6.07, 6.45) is -4.38. The van der Waals surface area contributed by atoms with Gasteiger partial charge in [0.1, 0.15) is 0 Å². The summed E-state index contributed by atoms with van der Waals surface area (Å²) in [6, 6.07) is 3.49. The Balaban J connectivity index is 0.00000162. The van der Waals surface area contributed by atoms with E-state index in [2.05, 4.69) is 10.6 Å². The van der Waals surface area contributed by atoms with Crippen molar-refractivity contribution in [2.45, 2.75) is 12.2 Å². The Bertz CT molecular complexity index is 404. The number of benzene rings is 1. The maximum Gasteiger partial charge on any atom is 0.416 e. The van der Waals surface area contributed by atoms with Crippen LogP contribution in [0.4, 0.5) is 13.2 Å². The zero-order valence-corrected chi connectivity index (χ0v) is 10.9. The molecular weight excluding hydrogens is 288 g/mol. The fourth-order valence-electron chi connectivity index (χ4n) is 2.00. The van der Waals surface area contributed by atoms with Gasteiger partial charge in [-0.15, -0.1) is 12.4 Å². The van der Waals surface area contributed by atoms with E-state index in [1.807, 2.05) is 0 Å². The van der Waals surface area contributed by atoms with Crippen molar-refractivity contribution in [3.63, 3.8) is 0 Å². The van der Waals surface area contributed by atoms with Gasteiger partial charge >= 0.3 is 6.18 Å². The van der Waals surface area contributed by atoms with Gasteiger partial charge in [-0.3, -0.25) is 0 Å². The van der Waals surface area contributed by atoms with E-state index >= 15 is 0 Å². The Hall–Kier alpha value is -0.490. The summed E-state index contributed by atoms with van der Waals surface area (Å²) in [6.45, 7) is 1.84. The second kappa shape index (κ2) is 6.10. The Labute approximate surface area is 114 Å². The largest absolute Gasteiger partial charge is 0.416 e. The zero-order chi connectivity index (χ0) is 12.5. The molecule has 1 saturated heterocycles. The van der Waals surface area contributed by atoms with Crippen LogP contribution in [-0.2, 0) is 6.18 Å². The molecule has 2 nitrogen and oxygen atoms in total. The summed E-state index contributed by atoms with van der Waals surface area (Å²) in [5, 5.41) is 6.25. The van der Waals surface area contributed by atoms with Crippen LogP contribution in [0.3, 0.4) is 0 Å². The Morgan fingerprint density at radius 2 is 1.94 bits per heavy atom. The second-order valence-electron chi connectivity index (χ2n) is 3.91. The highest BCUT2D eigenvalue weighted by Gasteiger charge is 2.36. The van der Waals surface area contributed by atoms with Crippen LogP contribution < -0.4 is 10.6 Å². The maximum atomic E-state index is 12.9. The lowest BCUT2D eigenvalue weighted by Gasteiger charge is -2.28. The number of halogens is 5. The van der Waals surface area contributed by atoms with E-state index in [4.69, 9.17) is 11.6 Å². The maximum absolute atomic E-state index is 12.9. The molecule has 2 rings (SSSR count). The molecule has 1 aromatic carbocycles. The van der Waals surface area contributed by atoms with Crippen LogP contribution in [0, 0.1) is 0 Å². The van der Waals surface area contributed by atoms with E-state index in [1.165, 1.54) is 12.1 Å². The average Bonchev–Trinajstić information content (AvgIpc) is 2.28. The van der Waals surface area contributed by atoms with Gasteiger partial charge in [0.15, 0.2) is 0 Å². The molecule has 1 atom stereocenters. The third kappa shape index (κ3) is 3.29. The van der Waals surface area contributed by atoms with Gasteiger partial charge in [-0.05, 0) is 12.1 Å². The van der Waals surface area contributed by atoms with Gasteiger partial charge in [-0.1, -0.05) is 17.7 Å². The van der Waals surface area contributed by atoms with E-state index in [0.29, 0.717) is 13.1 Å². The van der Waals surface area contributed by atoms with Crippen LogP contribution in [0.1, 0.15) is 17.2 Å². The van der Waals surface area contributed by atoms with Gasteiger partial charge in [0.2, 0.25) is 0 Å². The molecular formula is C11H13Cl2F3N2. The number of hydrogen-bond donors (Lipinski definition) is 2. The standard InChI is InChI=1S/C11H12ClF3N2.ClH/c12-8-3-1-2-7(11(13,14)15)10(8)9-6-16-4-5-17-9;/h1-3,9,16-17H,4-6H2;1H/t9-;/m0./s1. The van der Waals surface area contributed by atoms with Crippen molar-refractivity contribution >= 4 is 24.0 Å². The van der Waals surface area contributed by atoms with Crippen molar-refractivity contribution < 1.29 is 13.2 Å². The van der Waals surface area contributed by atoms with Crippen LogP contribution in [0.5, 0.6) is 0 Å². The topological polar surface area (TPSA) is 24.1 Å². The first kappa shape index (κ1) is 15.6. The van der Waals surface area contributed by atoms with Crippen molar-refractivity contribution in [3.05, 3.63) is 34.3 Å². The second-order valence-corrected chi connectivity index (χ2v) is 4.32. The van der Waals surface area contributed by atoms with Gasteiger partial charge in [0, 0.05) is 36.3 Å². The van der Waals surface area contributed by atoms with E-state index in [1.54, 1.807) is 0 Å². The highest BCUT2D eigenvalue weighted by atomic mass is 35.5. The van der Waals surface area contributed by atoms with E-state index in [-0.39, 0.29) is 23.0 Å². The molecule has 0 radical (unpaired) electrons. The summed E-state index contributed by atoms with van der Waals surface area (Å²) in [5.74, 6) is 0. The van der Waals surface area contributed by atoms with Crippen molar-refractivity contribution in [3.8, 4) is 0 Å². The Morgan fingerprint density at radius 3 is 2.50 bits per heavy atom. The molecule has 18 heavy (non-hydrogen) atoms. The minimum absolute atomic E-state index is 0. The molecule has 102 valence electrons. The van der Waals surface area contributed by atoms with E-state index in [9.17, 15) is 13.2 Å². The number of hydrogen-bond acceptors (Lipinski definition) is 2. The smallest absolute Gasteiger partial charge is 0.314 e. The molecule has 0 unspecified atom stereocenters. The molecule has 0 spiro atoms. The van der Waals surface area contributed by atoms with Crippen LogP contribution >= 0.6 is 24.0 Å². The molecule has 0 amide bonds. The minimum Gasteiger partial charge on any atom is -0.314 e. The summed E-state index contributed by atoms with van der Waals surface area (Å²) >= 11 is 5.90. The SMILES string of the molecule is Cl.FC(F)(F)c1cccc(Cl)c1[C@@H]1CNCCN1. The number of nitrogens with one attached hydrogen (secondary N) is 2. The molecule has 0 bridgehead atoms. The quantitative estimate of drug-likeness (QED) is 0.833. The van der Waals surface area contributed by atoms with Crippen molar-refractivity contribution in [1.29, 1.82) is 0 Å². The molecule has 0 aliphatic carbocycles. The van der Waals surface area contributed by atoms with E-state index in [0.717, 1.165) is 12.6 Å². The lowest BCUT2D eigenvalue weighted by Crippen LogP contribution is -2.43. The van der Waals surface area contributed by atoms with Crippen molar-refractivity contribution in [2.75, 3.05) is 19.6 Å². The van der Waals surface area contributed by atoms with Crippen molar-refractivity contribution in [2.24, 2.45) is 0 Å². The normalized spacial score (nSPS) is 20.3. The van der Waals surface area contributed by atoms with Gasteiger partial charge in [-0.2, -0.15) is 13.2 Å². The highest BCUT2D eigenvalue weighted by Crippen LogP contribution is 2.38. The monoisotopic (exact) mass is 300 g/mol. The number of rotatable bonds is 1. The van der Waals surface area contributed by atoms with Crippen molar-refractivity contribution in [1.82, 2.24) is 10.6 Å². The molecule has 1 aliphatic rings. The third-order valence-corrected chi connectivity index (χ3v) is 3.08. The molecule has 1 fully saturated rings. The fraction of sp³-hybridized carbons (Fsp3) is 0.455. The van der Waals surface area contributed by atoms with E-state index < -0.39 is 17.8 Å². The summed E-state index contributed by atoms with van der Waals surface area (Å²) < 4.78 is 38.6. The first-order chi connectivity index (χ1) is 8.00. The number of piperazine rings is 1. The predicted octanol–water partition coefficient (Wildman–Crippen LogP) is 3.01. The Morgan fingerprint density at radius 1 is 1.22 bits per heavy atom. The lowest BCUT2D eigenvalue weighted by molar-refractivity contribution is -0.138. The first-order valence-corrected chi connectivity index (χ1v) is 5.67. The minimum atomic E-state index is -4.38. The molecule has 2 N–H and O–H groups in total. The first-order valence-electron chi connectivity index (χ1n) is 5.30. The fourth-order valence-corrected chi connectivity index (χ4v) is 2.30. The van der Waals surface area contributed by atoms with Gasteiger partial charge < -0.3 is 10.6 Å².